The van der Waals surface area contributed by atoms with E-state index in [-0.39, 0.29) is 34.2 Å². The van der Waals surface area contributed by atoms with Gasteiger partial charge < -0.3 is 4.90 Å². The Balaban J connectivity index is 1.85. The number of hydrogen-bond acceptors (Lipinski definition) is 5. The van der Waals surface area contributed by atoms with E-state index in [1.165, 1.54) is 29.9 Å². The lowest BCUT2D eigenvalue weighted by molar-refractivity contribution is 0.0711. The first-order valence-electron chi connectivity index (χ1n) is 9.11. The van der Waals surface area contributed by atoms with E-state index < -0.39 is 0 Å². The molecule has 27 heavy (non-hydrogen) atoms. The van der Waals surface area contributed by atoms with Crippen molar-refractivity contribution >= 4 is 5.91 Å². The van der Waals surface area contributed by atoms with Gasteiger partial charge in [-0.15, -0.1) is 0 Å². The van der Waals surface area contributed by atoms with Crippen molar-refractivity contribution in [2.45, 2.75) is 51.6 Å². The van der Waals surface area contributed by atoms with Crippen molar-refractivity contribution in [1.82, 2.24) is 24.5 Å². The van der Waals surface area contributed by atoms with Gasteiger partial charge in [-0.05, 0) is 25.0 Å². The normalized spacial score (nSPS) is 17.3. The van der Waals surface area contributed by atoms with Gasteiger partial charge in [-0.1, -0.05) is 20.8 Å². The smallest absolute Gasteiger partial charge is 0.274 e. The number of hydrogen-bond donors (Lipinski definition) is 0. The van der Waals surface area contributed by atoms with Crippen molar-refractivity contribution < 1.29 is 4.79 Å². The SMILES string of the molecule is Cn1nc(C(=O)N2CCCC2Cn2nc(C(C)(C)C)ccc2=O)ccc1=O. The Labute approximate surface area is 157 Å². The zero-order valence-corrected chi connectivity index (χ0v) is 16.2. The van der Waals surface area contributed by atoms with Crippen LogP contribution in [0.2, 0.25) is 0 Å². The second-order valence-electron chi connectivity index (χ2n) is 7.96. The predicted octanol–water partition coefficient (Wildman–Crippen LogP) is 0.939. The summed E-state index contributed by atoms with van der Waals surface area (Å²) in [6.07, 6.45) is 1.65. The fraction of sp³-hybridized carbons (Fsp3) is 0.526. The van der Waals surface area contributed by atoms with E-state index in [1.807, 2.05) is 20.8 Å². The fourth-order valence-corrected chi connectivity index (χ4v) is 3.24. The lowest BCUT2D eigenvalue weighted by atomic mass is 9.92. The van der Waals surface area contributed by atoms with Crippen molar-refractivity contribution in [2.75, 3.05) is 6.54 Å². The second-order valence-corrected chi connectivity index (χ2v) is 7.96. The zero-order valence-electron chi connectivity index (χ0n) is 16.2. The van der Waals surface area contributed by atoms with E-state index >= 15 is 0 Å². The van der Waals surface area contributed by atoms with E-state index in [0.29, 0.717) is 13.1 Å². The van der Waals surface area contributed by atoms with Crippen LogP contribution in [0.1, 0.15) is 49.8 Å². The summed E-state index contributed by atoms with van der Waals surface area (Å²) in [5.41, 5.74) is 0.451. The van der Waals surface area contributed by atoms with E-state index in [0.717, 1.165) is 23.2 Å². The summed E-state index contributed by atoms with van der Waals surface area (Å²) < 4.78 is 2.60. The van der Waals surface area contributed by atoms with Crippen LogP contribution in [0.3, 0.4) is 0 Å². The molecule has 0 spiro atoms. The highest BCUT2D eigenvalue weighted by molar-refractivity contribution is 5.92. The molecule has 144 valence electrons. The molecule has 1 fully saturated rings. The number of aryl methyl sites for hydroxylation is 1. The lowest BCUT2D eigenvalue weighted by Crippen LogP contribution is -2.41. The van der Waals surface area contributed by atoms with Crippen molar-refractivity contribution in [3.63, 3.8) is 0 Å². The van der Waals surface area contributed by atoms with E-state index in [1.54, 1.807) is 11.0 Å². The topological polar surface area (TPSA) is 90.1 Å². The van der Waals surface area contributed by atoms with Crippen LogP contribution in [-0.2, 0) is 19.0 Å². The van der Waals surface area contributed by atoms with Gasteiger partial charge in [0.2, 0.25) is 0 Å². The van der Waals surface area contributed by atoms with Crippen LogP contribution in [-0.4, -0.2) is 43.0 Å². The Kier molecular flexibility index (Phi) is 4.99. The number of aromatic nitrogens is 4. The summed E-state index contributed by atoms with van der Waals surface area (Å²) in [7, 11) is 1.52. The summed E-state index contributed by atoms with van der Waals surface area (Å²) in [5, 5.41) is 8.56. The van der Waals surface area contributed by atoms with Crippen LogP contribution in [0.15, 0.2) is 33.9 Å². The molecule has 8 nitrogen and oxygen atoms in total. The Morgan fingerprint density at radius 3 is 2.48 bits per heavy atom. The van der Waals surface area contributed by atoms with E-state index in [9.17, 15) is 14.4 Å². The summed E-state index contributed by atoms with van der Waals surface area (Å²) in [5.74, 6) is -0.229. The summed E-state index contributed by atoms with van der Waals surface area (Å²) in [6, 6.07) is 5.94. The first-order valence-corrected chi connectivity index (χ1v) is 9.11. The van der Waals surface area contributed by atoms with Gasteiger partial charge in [0, 0.05) is 31.1 Å². The van der Waals surface area contributed by atoms with E-state index in [2.05, 4.69) is 10.2 Å². The molecule has 1 saturated heterocycles. The molecule has 8 heteroatoms. The minimum atomic E-state index is -0.265. The number of amides is 1. The number of nitrogens with zero attached hydrogens (tertiary/aromatic N) is 5. The van der Waals surface area contributed by atoms with Gasteiger partial charge in [-0.2, -0.15) is 10.2 Å². The zero-order chi connectivity index (χ0) is 19.8. The molecule has 1 unspecified atom stereocenters. The quantitative estimate of drug-likeness (QED) is 0.801. The second kappa shape index (κ2) is 7.09. The highest BCUT2D eigenvalue weighted by Gasteiger charge is 2.31. The monoisotopic (exact) mass is 371 g/mol. The van der Waals surface area contributed by atoms with Crippen molar-refractivity contribution in [3.05, 3.63) is 56.4 Å². The Bertz CT molecular complexity index is 970. The van der Waals surface area contributed by atoms with Crippen LogP contribution in [0.5, 0.6) is 0 Å². The molecule has 0 radical (unpaired) electrons. The summed E-state index contributed by atoms with van der Waals surface area (Å²) in [6.45, 7) is 7.07. The van der Waals surface area contributed by atoms with Crippen LogP contribution < -0.4 is 11.1 Å². The van der Waals surface area contributed by atoms with Crippen LogP contribution in [0, 0.1) is 0 Å². The molecule has 3 heterocycles. The number of carbonyl (C=O) groups excluding carboxylic acids is 1. The first kappa shape index (κ1) is 19.0. The largest absolute Gasteiger partial charge is 0.332 e. The molecule has 1 aliphatic heterocycles. The van der Waals surface area contributed by atoms with Gasteiger partial charge in [-0.3, -0.25) is 14.4 Å². The average molecular weight is 371 g/mol. The number of likely N-dealkylation sites (tertiary alicyclic amines) is 1. The third-order valence-corrected chi connectivity index (χ3v) is 4.84. The maximum absolute atomic E-state index is 12.9. The molecular formula is C19H25N5O3. The summed E-state index contributed by atoms with van der Waals surface area (Å²) >= 11 is 0. The molecule has 3 rings (SSSR count). The molecule has 0 aromatic carbocycles. The fourth-order valence-electron chi connectivity index (χ4n) is 3.24. The first-order chi connectivity index (χ1) is 12.7. The molecule has 0 aliphatic carbocycles. The Morgan fingerprint density at radius 2 is 1.81 bits per heavy atom. The van der Waals surface area contributed by atoms with Crippen molar-refractivity contribution in [1.29, 1.82) is 0 Å². The Morgan fingerprint density at radius 1 is 1.11 bits per heavy atom. The molecule has 1 aliphatic rings. The highest BCUT2D eigenvalue weighted by atomic mass is 16.2. The lowest BCUT2D eigenvalue weighted by Gasteiger charge is -2.25. The standard InChI is InChI=1S/C19H25N5O3/c1-19(2,3)15-8-10-17(26)24(21-15)12-13-6-5-11-23(13)18(27)14-7-9-16(25)22(4)20-14/h7-10,13H,5-6,11-12H2,1-4H3. The maximum atomic E-state index is 12.9. The van der Waals surface area contributed by atoms with E-state index in [4.69, 9.17) is 0 Å². The minimum Gasteiger partial charge on any atom is -0.332 e. The molecule has 2 aromatic rings. The predicted molar refractivity (Wildman–Crippen MR) is 101 cm³/mol. The van der Waals surface area contributed by atoms with Crippen LogP contribution in [0.4, 0.5) is 0 Å². The van der Waals surface area contributed by atoms with Gasteiger partial charge in [0.15, 0.2) is 0 Å². The van der Waals surface area contributed by atoms with Gasteiger partial charge in [0.25, 0.3) is 17.0 Å². The van der Waals surface area contributed by atoms with Crippen LogP contribution >= 0.6 is 0 Å². The van der Waals surface area contributed by atoms with Crippen molar-refractivity contribution in [2.24, 2.45) is 7.05 Å². The average Bonchev–Trinajstić information content (AvgIpc) is 3.05. The van der Waals surface area contributed by atoms with Crippen molar-refractivity contribution in [3.8, 4) is 0 Å². The van der Waals surface area contributed by atoms with Gasteiger partial charge in [0.05, 0.1) is 18.3 Å². The number of rotatable bonds is 3. The Hall–Kier alpha value is -2.77. The summed E-state index contributed by atoms with van der Waals surface area (Å²) in [4.78, 5) is 38.4. The molecule has 1 amide bonds. The molecule has 1 atom stereocenters. The van der Waals surface area contributed by atoms with Gasteiger partial charge in [-0.25, -0.2) is 9.36 Å². The highest BCUT2D eigenvalue weighted by Crippen LogP contribution is 2.21. The maximum Gasteiger partial charge on any atom is 0.274 e. The van der Waals surface area contributed by atoms with Gasteiger partial charge in [0.1, 0.15) is 5.69 Å². The molecule has 0 saturated carbocycles. The number of carbonyl (C=O) groups is 1. The third-order valence-electron chi connectivity index (χ3n) is 4.84. The van der Waals surface area contributed by atoms with Gasteiger partial charge >= 0.3 is 0 Å². The third kappa shape index (κ3) is 3.99. The molecule has 0 bridgehead atoms. The molecule has 2 aromatic heterocycles. The minimum absolute atomic E-state index is 0.128. The van der Waals surface area contributed by atoms with Crippen LogP contribution in [0.25, 0.3) is 0 Å². The molecule has 0 N–H and O–H groups in total. The molecular weight excluding hydrogens is 346 g/mol.